The van der Waals surface area contributed by atoms with E-state index in [0.717, 1.165) is 38.4 Å². The molecular weight excluding hydrogens is 397 g/mol. The van der Waals surface area contributed by atoms with Crippen molar-refractivity contribution in [3.8, 4) is 5.69 Å². The molecule has 0 spiro atoms. The first-order valence-corrected chi connectivity index (χ1v) is 9.01. The van der Waals surface area contributed by atoms with Crippen LogP contribution >= 0.6 is 15.9 Å². The highest BCUT2D eigenvalue weighted by Crippen LogP contribution is 2.24. The van der Waals surface area contributed by atoms with Gasteiger partial charge in [-0.15, -0.1) is 0 Å². The largest absolute Gasteiger partial charge is 0.325 e. The molecule has 0 radical (unpaired) electrons. The number of nitrogens with zero attached hydrogens (tertiary/aromatic N) is 2. The van der Waals surface area contributed by atoms with E-state index in [4.69, 9.17) is 0 Å². The zero-order valence-electron chi connectivity index (χ0n) is 14.8. The Balaban J connectivity index is 1.81. The Morgan fingerprint density at radius 1 is 1.15 bits per heavy atom. The summed E-state index contributed by atoms with van der Waals surface area (Å²) in [6.07, 6.45) is 0.221. The number of hydrogen-bond donors (Lipinski definition) is 1. The molecule has 26 heavy (non-hydrogen) atoms. The van der Waals surface area contributed by atoms with Crippen LogP contribution in [0.25, 0.3) is 5.69 Å². The van der Waals surface area contributed by atoms with Crippen molar-refractivity contribution in [3.05, 3.63) is 75.3 Å². The Morgan fingerprint density at radius 2 is 1.85 bits per heavy atom. The van der Waals surface area contributed by atoms with E-state index in [-0.39, 0.29) is 18.1 Å². The van der Waals surface area contributed by atoms with Crippen molar-refractivity contribution in [1.29, 1.82) is 0 Å². The number of amides is 1. The fraction of sp³-hybridized carbons (Fsp3) is 0.200. The van der Waals surface area contributed by atoms with E-state index in [1.165, 1.54) is 12.1 Å². The van der Waals surface area contributed by atoms with Crippen LogP contribution in [0.3, 0.4) is 0 Å². The molecule has 3 rings (SSSR count). The maximum atomic E-state index is 13.1. The minimum Gasteiger partial charge on any atom is -0.325 e. The van der Waals surface area contributed by atoms with Gasteiger partial charge in [-0.05, 0) is 78.7 Å². The summed E-state index contributed by atoms with van der Waals surface area (Å²) in [7, 11) is 0. The van der Waals surface area contributed by atoms with E-state index in [9.17, 15) is 9.18 Å². The number of aryl methyl sites for hydroxylation is 2. The summed E-state index contributed by atoms with van der Waals surface area (Å²) in [5.74, 6) is -0.405. The second kappa shape index (κ2) is 7.41. The van der Waals surface area contributed by atoms with Gasteiger partial charge in [-0.3, -0.25) is 4.79 Å². The van der Waals surface area contributed by atoms with Crippen LogP contribution < -0.4 is 5.32 Å². The van der Waals surface area contributed by atoms with Crippen LogP contribution in [0.4, 0.5) is 10.1 Å². The van der Waals surface area contributed by atoms with Crippen LogP contribution in [-0.2, 0) is 11.2 Å². The van der Waals surface area contributed by atoms with E-state index < -0.39 is 0 Å². The van der Waals surface area contributed by atoms with Gasteiger partial charge in [0.1, 0.15) is 5.82 Å². The molecular formula is C20H19BrFN3O. The summed E-state index contributed by atoms with van der Waals surface area (Å²) in [5, 5.41) is 7.43. The highest BCUT2D eigenvalue weighted by atomic mass is 79.9. The van der Waals surface area contributed by atoms with Crippen LogP contribution in [-0.4, -0.2) is 15.7 Å². The zero-order valence-corrected chi connectivity index (χ0v) is 16.4. The maximum Gasteiger partial charge on any atom is 0.228 e. The van der Waals surface area contributed by atoms with Gasteiger partial charge in [-0.25, -0.2) is 9.07 Å². The molecule has 0 saturated carbocycles. The Bertz CT molecular complexity index is 964. The number of halogens is 2. The Hall–Kier alpha value is -2.47. The number of anilines is 1. The second-order valence-corrected chi connectivity index (χ2v) is 7.10. The number of carbonyl (C=O) groups is 1. The summed E-state index contributed by atoms with van der Waals surface area (Å²) in [5.41, 5.74) is 5.14. The monoisotopic (exact) mass is 415 g/mol. The van der Waals surface area contributed by atoms with Crippen molar-refractivity contribution < 1.29 is 9.18 Å². The number of aromatic nitrogens is 2. The topological polar surface area (TPSA) is 46.9 Å². The van der Waals surface area contributed by atoms with Crippen molar-refractivity contribution in [2.45, 2.75) is 27.2 Å². The van der Waals surface area contributed by atoms with Crippen molar-refractivity contribution >= 4 is 27.5 Å². The molecule has 0 aliphatic carbocycles. The summed E-state index contributed by atoms with van der Waals surface area (Å²) >= 11 is 3.47. The van der Waals surface area contributed by atoms with Gasteiger partial charge in [-0.1, -0.05) is 6.07 Å². The molecule has 6 heteroatoms. The summed E-state index contributed by atoms with van der Waals surface area (Å²) in [4.78, 5) is 12.5. The number of nitrogens with one attached hydrogen (secondary N) is 1. The predicted octanol–water partition coefficient (Wildman–Crippen LogP) is 4.88. The Labute approximate surface area is 160 Å². The molecule has 0 atom stereocenters. The molecule has 2 aromatic carbocycles. The summed E-state index contributed by atoms with van der Waals surface area (Å²) in [6.45, 7) is 5.78. The number of carbonyl (C=O) groups excluding carboxylic acids is 1. The normalized spacial score (nSPS) is 10.8. The first-order valence-electron chi connectivity index (χ1n) is 8.22. The molecule has 1 aromatic heterocycles. The molecule has 3 aromatic rings. The van der Waals surface area contributed by atoms with Gasteiger partial charge in [0, 0.05) is 15.7 Å². The number of rotatable bonds is 4. The van der Waals surface area contributed by atoms with Crippen molar-refractivity contribution in [1.82, 2.24) is 9.78 Å². The molecule has 0 fully saturated rings. The standard InChI is InChI=1S/C20H19BrFN3O/c1-12-4-9-19(18(21)10-12)23-20(26)11-17-13(2)24-25(14(17)3)16-7-5-15(22)6-8-16/h4-10H,11H2,1-3H3,(H,23,26). The third kappa shape index (κ3) is 3.85. The van der Waals surface area contributed by atoms with Crippen LogP contribution in [0.15, 0.2) is 46.9 Å². The Kier molecular flexibility index (Phi) is 5.23. The van der Waals surface area contributed by atoms with Crippen molar-refractivity contribution in [3.63, 3.8) is 0 Å². The van der Waals surface area contributed by atoms with E-state index in [0.29, 0.717) is 0 Å². The lowest BCUT2D eigenvalue weighted by molar-refractivity contribution is -0.115. The fourth-order valence-corrected chi connectivity index (χ4v) is 3.43. The first kappa shape index (κ1) is 18.3. The van der Waals surface area contributed by atoms with Gasteiger partial charge in [0.25, 0.3) is 0 Å². The maximum absolute atomic E-state index is 13.1. The second-order valence-electron chi connectivity index (χ2n) is 6.25. The lowest BCUT2D eigenvalue weighted by atomic mass is 10.1. The van der Waals surface area contributed by atoms with Crippen molar-refractivity contribution in [2.75, 3.05) is 5.32 Å². The zero-order chi connectivity index (χ0) is 18.8. The number of hydrogen-bond acceptors (Lipinski definition) is 2. The molecule has 0 unspecified atom stereocenters. The van der Waals surface area contributed by atoms with Crippen molar-refractivity contribution in [2.24, 2.45) is 0 Å². The van der Waals surface area contributed by atoms with Crippen LogP contribution in [0.2, 0.25) is 0 Å². The average molecular weight is 416 g/mol. The third-order valence-corrected chi connectivity index (χ3v) is 4.90. The smallest absolute Gasteiger partial charge is 0.228 e. The molecule has 0 bridgehead atoms. The number of benzene rings is 2. The minimum absolute atomic E-state index is 0.112. The van der Waals surface area contributed by atoms with Gasteiger partial charge >= 0.3 is 0 Å². The van der Waals surface area contributed by atoms with Gasteiger partial charge < -0.3 is 5.32 Å². The molecule has 0 aliphatic rings. The molecule has 0 aliphatic heterocycles. The van der Waals surface area contributed by atoms with Gasteiger partial charge in [0.15, 0.2) is 0 Å². The van der Waals surface area contributed by atoms with Gasteiger partial charge in [0.05, 0.1) is 23.5 Å². The van der Waals surface area contributed by atoms with Crippen LogP contribution in [0.1, 0.15) is 22.5 Å². The minimum atomic E-state index is -0.293. The molecule has 4 nitrogen and oxygen atoms in total. The lowest BCUT2D eigenvalue weighted by Gasteiger charge is -2.09. The summed E-state index contributed by atoms with van der Waals surface area (Å²) < 4.78 is 15.7. The lowest BCUT2D eigenvalue weighted by Crippen LogP contribution is -2.15. The Morgan fingerprint density at radius 3 is 2.50 bits per heavy atom. The average Bonchev–Trinajstić information content (AvgIpc) is 2.86. The highest BCUT2D eigenvalue weighted by molar-refractivity contribution is 9.10. The van der Waals surface area contributed by atoms with Gasteiger partial charge in [-0.2, -0.15) is 5.10 Å². The molecule has 1 heterocycles. The molecule has 0 saturated heterocycles. The molecule has 1 N–H and O–H groups in total. The van der Waals surface area contributed by atoms with Crippen LogP contribution in [0.5, 0.6) is 0 Å². The first-order chi connectivity index (χ1) is 12.3. The van der Waals surface area contributed by atoms with E-state index in [1.54, 1.807) is 16.8 Å². The third-order valence-electron chi connectivity index (χ3n) is 4.25. The fourth-order valence-electron chi connectivity index (χ4n) is 2.84. The van der Waals surface area contributed by atoms with E-state index in [2.05, 4.69) is 26.3 Å². The molecule has 134 valence electrons. The van der Waals surface area contributed by atoms with E-state index in [1.807, 2.05) is 39.0 Å². The summed E-state index contributed by atoms with van der Waals surface area (Å²) in [6, 6.07) is 11.9. The van der Waals surface area contributed by atoms with Crippen LogP contribution in [0, 0.1) is 26.6 Å². The molecule has 1 amide bonds. The van der Waals surface area contributed by atoms with E-state index >= 15 is 0 Å². The SMILES string of the molecule is Cc1ccc(NC(=O)Cc2c(C)nn(-c3ccc(F)cc3)c2C)c(Br)c1. The predicted molar refractivity (Wildman–Crippen MR) is 104 cm³/mol. The highest BCUT2D eigenvalue weighted by Gasteiger charge is 2.16. The van der Waals surface area contributed by atoms with Gasteiger partial charge in [0.2, 0.25) is 5.91 Å². The quantitative estimate of drug-likeness (QED) is 0.659.